The number of nitrogens with zero attached hydrogens (tertiary/aromatic N) is 2. The Labute approximate surface area is 172 Å². The lowest BCUT2D eigenvalue weighted by atomic mass is 9.82. The zero-order chi connectivity index (χ0) is 19.7. The van der Waals surface area contributed by atoms with Crippen LogP contribution in [0.1, 0.15) is 29.2 Å². The van der Waals surface area contributed by atoms with Gasteiger partial charge in [0.2, 0.25) is 5.91 Å². The molecule has 2 unspecified atom stereocenters. The van der Waals surface area contributed by atoms with Gasteiger partial charge in [0.05, 0.1) is 12.3 Å². The summed E-state index contributed by atoms with van der Waals surface area (Å²) in [5.74, 6) is -1.25. The number of fused-ring (bicyclic) bond motifs is 3. The molecule has 144 valence electrons. The molecule has 0 aromatic heterocycles. The van der Waals surface area contributed by atoms with Gasteiger partial charge in [-0.1, -0.05) is 58.7 Å². The van der Waals surface area contributed by atoms with Gasteiger partial charge in [-0.15, -0.1) is 0 Å². The van der Waals surface area contributed by atoms with Crippen LogP contribution in [0.15, 0.2) is 47.6 Å². The van der Waals surface area contributed by atoms with E-state index >= 15 is 0 Å². The van der Waals surface area contributed by atoms with Crippen LogP contribution in [-0.2, 0) is 27.5 Å². The molecule has 4 rings (SSSR count). The van der Waals surface area contributed by atoms with Crippen molar-refractivity contribution < 1.29 is 14.4 Å². The summed E-state index contributed by atoms with van der Waals surface area (Å²) in [7, 11) is 0. The van der Waals surface area contributed by atoms with Gasteiger partial charge in [0, 0.05) is 28.6 Å². The van der Waals surface area contributed by atoms with Crippen molar-refractivity contribution in [3.63, 3.8) is 0 Å². The fraction of sp³-hybridized carbons (Fsp3) is 0.286. The Hall–Kier alpha value is -2.37. The highest BCUT2D eigenvalue weighted by atomic mass is 35.5. The second-order valence-electron chi connectivity index (χ2n) is 6.91. The highest BCUT2D eigenvalue weighted by Crippen LogP contribution is 2.37. The van der Waals surface area contributed by atoms with Crippen LogP contribution in [0.2, 0.25) is 10.0 Å². The van der Waals surface area contributed by atoms with E-state index in [-0.39, 0.29) is 24.3 Å². The second-order valence-corrected chi connectivity index (χ2v) is 7.75. The largest absolute Gasteiger partial charge is 0.391 e. The molecule has 0 bridgehead atoms. The number of hydrogen-bond donors (Lipinski definition) is 0. The average Bonchev–Trinajstić information content (AvgIpc) is 2.68. The van der Waals surface area contributed by atoms with Gasteiger partial charge < -0.3 is 9.74 Å². The van der Waals surface area contributed by atoms with Crippen LogP contribution in [0.5, 0.6) is 0 Å². The molecule has 2 aromatic rings. The fourth-order valence-electron chi connectivity index (χ4n) is 3.77. The number of rotatable bonds is 4. The maximum Gasteiger partial charge on any atom is 0.239 e. The van der Waals surface area contributed by atoms with Crippen molar-refractivity contribution in [2.75, 3.05) is 6.54 Å². The molecule has 2 aliphatic rings. The number of carbonyl (C=O) groups excluding carboxylic acids is 2. The number of amides is 1. The summed E-state index contributed by atoms with van der Waals surface area (Å²) in [4.78, 5) is 32.5. The molecular weight excluding hydrogens is 399 g/mol. The molecule has 0 aliphatic carbocycles. The molecule has 5 nitrogen and oxygen atoms in total. The van der Waals surface area contributed by atoms with Crippen molar-refractivity contribution in [3.8, 4) is 0 Å². The van der Waals surface area contributed by atoms with E-state index in [2.05, 4.69) is 11.2 Å². The average molecular weight is 417 g/mol. The van der Waals surface area contributed by atoms with Crippen molar-refractivity contribution in [2.45, 2.75) is 25.5 Å². The van der Waals surface area contributed by atoms with Crippen LogP contribution in [0.25, 0.3) is 0 Å². The summed E-state index contributed by atoms with van der Waals surface area (Å²) in [6.45, 7) is 0.737. The first-order chi connectivity index (χ1) is 13.5. The lowest BCUT2D eigenvalue weighted by Crippen LogP contribution is -2.51. The number of piperidine rings is 1. The van der Waals surface area contributed by atoms with Gasteiger partial charge in [-0.25, -0.2) is 0 Å². The van der Waals surface area contributed by atoms with Crippen molar-refractivity contribution in [1.82, 2.24) is 4.90 Å². The van der Waals surface area contributed by atoms with Gasteiger partial charge in [-0.2, -0.15) is 0 Å². The van der Waals surface area contributed by atoms with Gasteiger partial charge in [0.15, 0.2) is 5.78 Å². The molecule has 0 radical (unpaired) electrons. The van der Waals surface area contributed by atoms with Crippen LogP contribution >= 0.6 is 23.2 Å². The number of ketones is 1. The smallest absolute Gasteiger partial charge is 0.239 e. The van der Waals surface area contributed by atoms with Crippen molar-refractivity contribution >= 4 is 41.1 Å². The molecule has 0 saturated carbocycles. The quantitative estimate of drug-likeness (QED) is 0.426. The molecule has 1 saturated heterocycles. The number of hydrogen-bond acceptors (Lipinski definition) is 4. The van der Waals surface area contributed by atoms with E-state index in [1.54, 1.807) is 23.1 Å². The van der Waals surface area contributed by atoms with E-state index in [1.165, 1.54) is 11.8 Å². The number of carbonyl (C=O) groups is 2. The van der Waals surface area contributed by atoms with Crippen molar-refractivity contribution in [2.24, 2.45) is 11.1 Å². The monoisotopic (exact) mass is 416 g/mol. The molecule has 2 heterocycles. The van der Waals surface area contributed by atoms with E-state index in [0.717, 1.165) is 17.5 Å². The van der Waals surface area contributed by atoms with Gasteiger partial charge in [-0.3, -0.25) is 9.59 Å². The van der Waals surface area contributed by atoms with E-state index in [0.29, 0.717) is 23.0 Å². The topological polar surface area (TPSA) is 59.0 Å². The molecule has 7 heteroatoms. The molecule has 2 atom stereocenters. The van der Waals surface area contributed by atoms with E-state index in [4.69, 9.17) is 28.0 Å². The third kappa shape index (κ3) is 3.64. The predicted molar refractivity (Wildman–Crippen MR) is 107 cm³/mol. The summed E-state index contributed by atoms with van der Waals surface area (Å²) in [6, 6.07) is 12.9. The molecule has 2 aliphatic heterocycles. The predicted octanol–water partition coefficient (Wildman–Crippen LogP) is 4.21. The summed E-state index contributed by atoms with van der Waals surface area (Å²) < 4.78 is 0. The van der Waals surface area contributed by atoms with Crippen LogP contribution in [-0.4, -0.2) is 29.3 Å². The molecular formula is C21H18Cl2N2O3. The van der Waals surface area contributed by atoms with Crippen LogP contribution < -0.4 is 0 Å². The van der Waals surface area contributed by atoms with Crippen LogP contribution in [0, 0.1) is 5.92 Å². The molecule has 1 amide bonds. The van der Waals surface area contributed by atoms with Gasteiger partial charge in [0.1, 0.15) is 12.5 Å². The SMILES string of the molecule is O=C1CC2c3ccccc3CCN2C(=O)C1C=NOCc1ccc(Cl)cc1Cl. The molecule has 0 spiro atoms. The summed E-state index contributed by atoms with van der Waals surface area (Å²) in [5.41, 5.74) is 3.00. The Bertz CT molecular complexity index is 960. The second kappa shape index (κ2) is 7.94. The minimum Gasteiger partial charge on any atom is -0.391 e. The van der Waals surface area contributed by atoms with E-state index < -0.39 is 5.92 Å². The summed E-state index contributed by atoms with van der Waals surface area (Å²) >= 11 is 12.0. The lowest BCUT2D eigenvalue weighted by molar-refractivity contribution is -0.146. The maximum atomic E-state index is 12.9. The van der Waals surface area contributed by atoms with Crippen molar-refractivity contribution in [1.29, 1.82) is 0 Å². The third-order valence-electron chi connectivity index (χ3n) is 5.22. The number of benzene rings is 2. The Kier molecular flexibility index (Phi) is 5.38. The minimum absolute atomic E-state index is 0.126. The van der Waals surface area contributed by atoms with Crippen LogP contribution in [0.3, 0.4) is 0 Å². The van der Waals surface area contributed by atoms with E-state index in [9.17, 15) is 9.59 Å². The lowest BCUT2D eigenvalue weighted by Gasteiger charge is -2.41. The molecule has 2 aromatic carbocycles. The highest BCUT2D eigenvalue weighted by Gasteiger charge is 2.43. The molecule has 0 N–H and O–H groups in total. The highest BCUT2D eigenvalue weighted by molar-refractivity contribution is 6.35. The molecule has 1 fully saturated rings. The van der Waals surface area contributed by atoms with Gasteiger partial charge >= 0.3 is 0 Å². The summed E-state index contributed by atoms with van der Waals surface area (Å²) in [6.07, 6.45) is 2.38. The number of oxime groups is 1. The minimum atomic E-state index is -0.901. The Morgan fingerprint density at radius 1 is 1.18 bits per heavy atom. The first-order valence-electron chi connectivity index (χ1n) is 9.05. The zero-order valence-electron chi connectivity index (χ0n) is 15.0. The molecule has 28 heavy (non-hydrogen) atoms. The van der Waals surface area contributed by atoms with Gasteiger partial charge in [0.25, 0.3) is 0 Å². The Morgan fingerprint density at radius 3 is 2.82 bits per heavy atom. The third-order valence-corrected chi connectivity index (χ3v) is 5.81. The Balaban J connectivity index is 1.43. The van der Waals surface area contributed by atoms with Gasteiger partial charge in [-0.05, 0) is 29.7 Å². The first kappa shape index (κ1) is 19.0. The standard InChI is InChI=1S/C21H18Cl2N2O3/c22-15-6-5-14(18(23)9-15)12-28-24-11-17-20(26)10-19-16-4-2-1-3-13(16)7-8-25(19)21(17)27/h1-6,9,11,17,19H,7-8,10,12H2. The number of Topliss-reactive ketones (excluding diaryl/α,β-unsaturated/α-hetero) is 1. The maximum absolute atomic E-state index is 12.9. The first-order valence-corrected chi connectivity index (χ1v) is 9.80. The van der Waals surface area contributed by atoms with Crippen molar-refractivity contribution in [3.05, 3.63) is 69.2 Å². The number of halogens is 2. The zero-order valence-corrected chi connectivity index (χ0v) is 16.5. The van der Waals surface area contributed by atoms with Crippen LogP contribution in [0.4, 0.5) is 0 Å². The Morgan fingerprint density at radius 2 is 2.00 bits per heavy atom. The van der Waals surface area contributed by atoms with E-state index in [1.807, 2.05) is 18.2 Å². The fourth-order valence-corrected chi connectivity index (χ4v) is 4.23. The normalized spacial score (nSPS) is 21.6. The summed E-state index contributed by atoms with van der Waals surface area (Å²) in [5, 5.41) is 4.86.